The Kier molecular flexibility index (Phi) is 5.18. The van der Waals surface area contributed by atoms with Crippen LogP contribution in [0, 0.1) is 0 Å². The third kappa shape index (κ3) is 3.47. The molecular weight excluding hydrogens is 282 g/mol. The molecule has 22 heavy (non-hydrogen) atoms. The highest BCUT2D eigenvalue weighted by Crippen LogP contribution is 2.30. The molecule has 0 spiro atoms. The van der Waals surface area contributed by atoms with Crippen LogP contribution in [0.15, 0.2) is 6.20 Å². The normalized spacial score (nSPS) is 22.0. The van der Waals surface area contributed by atoms with Crippen molar-refractivity contribution in [2.24, 2.45) is 0 Å². The molecular formula is C15H27N5O2. The molecule has 1 aliphatic heterocycles. The molecule has 1 atom stereocenters. The van der Waals surface area contributed by atoms with Crippen LogP contribution >= 0.6 is 0 Å². The first-order valence-corrected chi connectivity index (χ1v) is 8.04. The molecule has 0 bridgehead atoms. The first kappa shape index (κ1) is 16.9. The molecule has 0 aromatic carbocycles. The van der Waals surface area contributed by atoms with E-state index >= 15 is 0 Å². The Morgan fingerprint density at radius 2 is 2.14 bits per heavy atom. The average molecular weight is 309 g/mol. The summed E-state index contributed by atoms with van der Waals surface area (Å²) in [7, 11) is 0. The lowest BCUT2D eigenvalue weighted by Crippen LogP contribution is -2.41. The molecule has 7 heteroatoms. The van der Waals surface area contributed by atoms with Crippen molar-refractivity contribution >= 4 is 5.91 Å². The molecule has 1 saturated heterocycles. The Labute approximate surface area is 131 Å². The fourth-order valence-corrected chi connectivity index (χ4v) is 2.70. The Morgan fingerprint density at radius 3 is 2.68 bits per heavy atom. The summed E-state index contributed by atoms with van der Waals surface area (Å²) < 4.78 is 1.73. The number of hydrogen-bond donors (Lipinski definition) is 1. The number of nitrogens with zero attached hydrogens (tertiary/aromatic N) is 5. The van der Waals surface area contributed by atoms with Gasteiger partial charge in [0.05, 0.1) is 19.3 Å². The number of likely N-dealkylation sites (tertiary alicyclic amines) is 1. The summed E-state index contributed by atoms with van der Waals surface area (Å²) in [5.41, 5.74) is -0.522. The van der Waals surface area contributed by atoms with Crippen LogP contribution in [-0.4, -0.2) is 68.5 Å². The molecule has 124 valence electrons. The smallest absolute Gasteiger partial charge is 0.236 e. The zero-order valence-electron chi connectivity index (χ0n) is 14.0. The van der Waals surface area contributed by atoms with Gasteiger partial charge in [0.1, 0.15) is 11.3 Å². The van der Waals surface area contributed by atoms with Crippen molar-refractivity contribution in [1.29, 1.82) is 0 Å². The van der Waals surface area contributed by atoms with Crippen LogP contribution in [0.1, 0.15) is 45.9 Å². The van der Waals surface area contributed by atoms with E-state index in [9.17, 15) is 9.90 Å². The quantitative estimate of drug-likeness (QED) is 0.834. The fraction of sp³-hybridized carbons (Fsp3) is 0.800. The highest BCUT2D eigenvalue weighted by molar-refractivity contribution is 5.78. The van der Waals surface area contributed by atoms with Crippen LogP contribution < -0.4 is 0 Å². The minimum absolute atomic E-state index is 0.0656. The maximum absolute atomic E-state index is 12.3. The number of β-amino-alcohol motifs (C(OH)–C–C–N with tert-alkyl or cyclic N) is 1. The molecule has 0 radical (unpaired) electrons. The van der Waals surface area contributed by atoms with Crippen LogP contribution in [0.3, 0.4) is 0 Å². The number of hydrogen-bond acceptors (Lipinski definition) is 5. The number of aromatic nitrogens is 3. The minimum atomic E-state index is -1.08. The van der Waals surface area contributed by atoms with Gasteiger partial charge in [-0.05, 0) is 26.9 Å². The summed E-state index contributed by atoms with van der Waals surface area (Å²) in [5, 5.41) is 18.9. The predicted octanol–water partition coefficient (Wildman–Crippen LogP) is 0.621. The van der Waals surface area contributed by atoms with Gasteiger partial charge in [0.25, 0.3) is 0 Å². The third-order valence-electron chi connectivity index (χ3n) is 4.37. The monoisotopic (exact) mass is 309 g/mol. The molecule has 0 saturated carbocycles. The second kappa shape index (κ2) is 6.75. The van der Waals surface area contributed by atoms with Crippen LogP contribution in [0.5, 0.6) is 0 Å². The van der Waals surface area contributed by atoms with E-state index in [1.165, 1.54) is 0 Å². The molecule has 1 unspecified atom stereocenters. The molecule has 2 rings (SSSR count). The summed E-state index contributed by atoms with van der Waals surface area (Å²) in [4.78, 5) is 16.1. The molecule has 1 aliphatic rings. The van der Waals surface area contributed by atoms with Crippen molar-refractivity contribution in [3.63, 3.8) is 0 Å². The summed E-state index contributed by atoms with van der Waals surface area (Å²) in [5.74, 6) is 0.0656. The number of carbonyl (C=O) groups excluding carboxylic acids is 1. The average Bonchev–Trinajstić information content (AvgIpc) is 3.12. The standard InChI is InChI=1S/C15H27N5O2/c1-5-18(6-2)10-14(21)19-8-7-15(22,11-19)13-9-20(12(3)4)17-16-13/h9,12,22H,5-8,10-11H2,1-4H3. The van der Waals surface area contributed by atoms with E-state index in [4.69, 9.17) is 0 Å². The van der Waals surface area contributed by atoms with Crippen LogP contribution in [0.4, 0.5) is 0 Å². The first-order chi connectivity index (χ1) is 10.4. The molecule has 0 aliphatic carbocycles. The molecule has 1 aromatic heterocycles. The second-order valence-electron chi connectivity index (χ2n) is 6.24. The minimum Gasteiger partial charge on any atom is -0.381 e. The van der Waals surface area contributed by atoms with E-state index in [1.807, 2.05) is 27.7 Å². The summed E-state index contributed by atoms with van der Waals surface area (Å²) in [6, 6.07) is 0.201. The van der Waals surface area contributed by atoms with Gasteiger partial charge in [-0.15, -0.1) is 5.10 Å². The zero-order valence-corrected chi connectivity index (χ0v) is 14.0. The van der Waals surface area contributed by atoms with Gasteiger partial charge in [-0.2, -0.15) is 0 Å². The van der Waals surface area contributed by atoms with Crippen LogP contribution in [-0.2, 0) is 10.4 Å². The lowest BCUT2D eigenvalue weighted by molar-refractivity contribution is -0.132. The van der Waals surface area contributed by atoms with Crippen molar-refractivity contribution in [2.45, 2.75) is 45.8 Å². The number of amides is 1. The van der Waals surface area contributed by atoms with Gasteiger partial charge in [-0.25, -0.2) is 4.68 Å². The lowest BCUT2D eigenvalue weighted by Gasteiger charge is -2.24. The number of rotatable bonds is 6. The van der Waals surface area contributed by atoms with Gasteiger partial charge in [0.2, 0.25) is 5.91 Å². The van der Waals surface area contributed by atoms with Crippen molar-refractivity contribution in [3.8, 4) is 0 Å². The van der Waals surface area contributed by atoms with Crippen LogP contribution in [0.25, 0.3) is 0 Å². The zero-order chi connectivity index (χ0) is 16.3. The lowest BCUT2D eigenvalue weighted by atomic mass is 10.00. The van der Waals surface area contributed by atoms with Crippen molar-refractivity contribution in [3.05, 3.63) is 11.9 Å². The highest BCUT2D eigenvalue weighted by atomic mass is 16.3. The maximum atomic E-state index is 12.3. The summed E-state index contributed by atoms with van der Waals surface area (Å²) in [6.07, 6.45) is 2.29. The van der Waals surface area contributed by atoms with E-state index in [2.05, 4.69) is 15.2 Å². The van der Waals surface area contributed by atoms with Gasteiger partial charge in [-0.1, -0.05) is 19.1 Å². The predicted molar refractivity (Wildman–Crippen MR) is 83.3 cm³/mol. The molecule has 1 amide bonds. The summed E-state index contributed by atoms with van der Waals surface area (Å²) >= 11 is 0. The van der Waals surface area contributed by atoms with E-state index < -0.39 is 5.60 Å². The Morgan fingerprint density at radius 1 is 1.45 bits per heavy atom. The number of likely N-dealkylation sites (N-methyl/N-ethyl adjacent to an activating group) is 1. The van der Waals surface area contributed by atoms with Gasteiger partial charge in [0, 0.05) is 19.0 Å². The SMILES string of the molecule is CCN(CC)CC(=O)N1CCC(O)(c2cn(C(C)C)nn2)C1. The van der Waals surface area contributed by atoms with Crippen LogP contribution in [0.2, 0.25) is 0 Å². The van der Waals surface area contributed by atoms with Gasteiger partial charge in [-0.3, -0.25) is 9.69 Å². The van der Waals surface area contributed by atoms with Gasteiger partial charge >= 0.3 is 0 Å². The maximum Gasteiger partial charge on any atom is 0.236 e. The number of carbonyl (C=O) groups is 1. The topological polar surface area (TPSA) is 74.5 Å². The summed E-state index contributed by atoms with van der Waals surface area (Å²) in [6.45, 7) is 11.1. The number of aliphatic hydroxyl groups is 1. The van der Waals surface area contributed by atoms with Crippen molar-refractivity contribution < 1.29 is 9.90 Å². The molecule has 7 nitrogen and oxygen atoms in total. The molecule has 2 heterocycles. The molecule has 1 fully saturated rings. The molecule has 1 N–H and O–H groups in total. The molecule has 1 aromatic rings. The third-order valence-corrected chi connectivity index (χ3v) is 4.37. The van der Waals surface area contributed by atoms with Gasteiger partial charge < -0.3 is 10.0 Å². The van der Waals surface area contributed by atoms with E-state index in [0.717, 1.165) is 13.1 Å². The Hall–Kier alpha value is -1.47. The fourth-order valence-electron chi connectivity index (χ4n) is 2.70. The second-order valence-corrected chi connectivity index (χ2v) is 6.24. The van der Waals surface area contributed by atoms with E-state index in [0.29, 0.717) is 31.7 Å². The first-order valence-electron chi connectivity index (χ1n) is 8.04. The van der Waals surface area contributed by atoms with E-state index in [1.54, 1.807) is 15.8 Å². The van der Waals surface area contributed by atoms with Crippen molar-refractivity contribution in [1.82, 2.24) is 24.8 Å². The van der Waals surface area contributed by atoms with Gasteiger partial charge in [0.15, 0.2) is 0 Å². The largest absolute Gasteiger partial charge is 0.381 e. The highest BCUT2D eigenvalue weighted by Gasteiger charge is 2.42. The Balaban J connectivity index is 2.02. The Bertz CT molecular complexity index is 512. The van der Waals surface area contributed by atoms with E-state index in [-0.39, 0.29) is 11.9 Å². The van der Waals surface area contributed by atoms with Crippen molar-refractivity contribution in [2.75, 3.05) is 32.7 Å².